The van der Waals surface area contributed by atoms with Crippen LogP contribution in [0.2, 0.25) is 0 Å². The molecule has 0 bridgehead atoms. The number of ether oxygens (including phenoxy) is 2. The zero-order chi connectivity index (χ0) is 13.9. The lowest BCUT2D eigenvalue weighted by atomic mass is 9.97. The Morgan fingerprint density at radius 2 is 1.72 bits per heavy atom. The zero-order valence-corrected chi connectivity index (χ0v) is 10.4. The van der Waals surface area contributed by atoms with Gasteiger partial charge in [-0.25, -0.2) is 0 Å². The molecular formula is C10H21NO7. The largest absolute Gasteiger partial charge is 0.388 e. The summed E-state index contributed by atoms with van der Waals surface area (Å²) in [6.45, 7) is 3.32. The van der Waals surface area contributed by atoms with Gasteiger partial charge in [0.25, 0.3) is 0 Å². The molecule has 0 aromatic carbocycles. The third-order valence-corrected chi connectivity index (χ3v) is 2.69. The van der Waals surface area contributed by atoms with Crippen molar-refractivity contribution in [3.05, 3.63) is 0 Å². The van der Waals surface area contributed by atoms with E-state index in [1.54, 1.807) is 13.8 Å². The van der Waals surface area contributed by atoms with Gasteiger partial charge in [-0.1, -0.05) is 5.23 Å². The number of hydroxylamine groups is 2. The van der Waals surface area contributed by atoms with E-state index in [-0.39, 0.29) is 24.3 Å². The highest BCUT2D eigenvalue weighted by atomic mass is 16.8. The van der Waals surface area contributed by atoms with Crippen molar-refractivity contribution < 1.29 is 35.2 Å². The molecule has 8 heteroatoms. The number of hydrogen-bond donors (Lipinski definition) is 5. The molecule has 1 rings (SSSR count). The lowest BCUT2D eigenvalue weighted by molar-refractivity contribution is -0.326. The lowest BCUT2D eigenvalue weighted by Crippen LogP contribution is -2.58. The molecule has 3 unspecified atom stereocenters. The Morgan fingerprint density at radius 1 is 1.11 bits per heavy atom. The van der Waals surface area contributed by atoms with Gasteiger partial charge in [-0.2, -0.15) is 0 Å². The van der Waals surface area contributed by atoms with E-state index in [2.05, 4.69) is 0 Å². The van der Waals surface area contributed by atoms with Crippen LogP contribution < -0.4 is 0 Å². The smallest absolute Gasteiger partial charge is 0.186 e. The lowest BCUT2D eigenvalue weighted by Gasteiger charge is -2.41. The minimum atomic E-state index is -1.40. The van der Waals surface area contributed by atoms with E-state index >= 15 is 0 Å². The van der Waals surface area contributed by atoms with Crippen LogP contribution in [-0.2, 0) is 9.47 Å². The molecule has 1 aliphatic heterocycles. The first-order valence-corrected chi connectivity index (χ1v) is 5.83. The van der Waals surface area contributed by atoms with E-state index in [1.165, 1.54) is 0 Å². The summed E-state index contributed by atoms with van der Waals surface area (Å²) < 4.78 is 10.6. The van der Waals surface area contributed by atoms with Gasteiger partial charge >= 0.3 is 0 Å². The first-order chi connectivity index (χ1) is 8.32. The molecule has 0 amide bonds. The topological polar surface area (TPSA) is 123 Å². The van der Waals surface area contributed by atoms with Crippen LogP contribution in [0.25, 0.3) is 0 Å². The van der Waals surface area contributed by atoms with Gasteiger partial charge in [0.2, 0.25) is 0 Å². The molecule has 1 heterocycles. The molecule has 1 fully saturated rings. The van der Waals surface area contributed by atoms with Crippen molar-refractivity contribution in [2.24, 2.45) is 0 Å². The molecule has 108 valence electrons. The molecule has 8 nitrogen and oxygen atoms in total. The van der Waals surface area contributed by atoms with Crippen LogP contribution in [-0.4, -0.2) is 74.3 Å². The molecule has 18 heavy (non-hydrogen) atoms. The van der Waals surface area contributed by atoms with Crippen molar-refractivity contribution in [1.82, 2.24) is 5.23 Å². The maximum absolute atomic E-state index is 9.70. The molecule has 0 aromatic heterocycles. The predicted octanol–water partition coefficient (Wildman–Crippen LogP) is -1.31. The first kappa shape index (κ1) is 15.7. The van der Waals surface area contributed by atoms with Crippen LogP contribution in [0.5, 0.6) is 0 Å². The molecule has 0 aromatic rings. The maximum Gasteiger partial charge on any atom is 0.186 e. The second-order valence-electron chi connectivity index (χ2n) is 4.58. The number of rotatable bonds is 5. The SMILES string of the molecule is CC(C)O[C@H]1OC(CCN(O)O)[C@@H](O)C(O)C1O. The van der Waals surface area contributed by atoms with Crippen molar-refractivity contribution in [1.29, 1.82) is 0 Å². The van der Waals surface area contributed by atoms with Gasteiger partial charge < -0.3 is 24.8 Å². The minimum absolute atomic E-state index is 0.0359. The summed E-state index contributed by atoms with van der Waals surface area (Å²) in [6, 6.07) is 0. The molecule has 5 atom stereocenters. The van der Waals surface area contributed by atoms with Crippen molar-refractivity contribution in [2.75, 3.05) is 6.54 Å². The Morgan fingerprint density at radius 3 is 2.22 bits per heavy atom. The standard InChI is InChI=1S/C10H21NO7/c1-5(2)17-10-9(14)8(13)7(12)6(18-10)3-4-11(15)16/h5-10,12-16H,3-4H2,1-2H3/t6?,7-,8?,9?,10+/m1/s1. The van der Waals surface area contributed by atoms with Crippen molar-refractivity contribution >= 4 is 0 Å². The third-order valence-electron chi connectivity index (χ3n) is 2.69. The number of nitrogens with zero attached hydrogens (tertiary/aromatic N) is 1. The van der Waals surface area contributed by atoms with Crippen LogP contribution in [0.4, 0.5) is 0 Å². The van der Waals surface area contributed by atoms with E-state index in [0.717, 1.165) is 0 Å². The second-order valence-corrected chi connectivity index (χ2v) is 4.58. The van der Waals surface area contributed by atoms with Gasteiger partial charge in [0.1, 0.15) is 18.3 Å². The summed E-state index contributed by atoms with van der Waals surface area (Å²) in [6.07, 6.45) is -6.13. The molecule has 0 radical (unpaired) electrons. The molecule has 5 N–H and O–H groups in total. The van der Waals surface area contributed by atoms with Gasteiger partial charge in [0.15, 0.2) is 6.29 Å². The van der Waals surface area contributed by atoms with E-state index in [1.807, 2.05) is 0 Å². The van der Waals surface area contributed by atoms with Crippen LogP contribution in [0.3, 0.4) is 0 Å². The number of hydrogen-bond acceptors (Lipinski definition) is 8. The summed E-state index contributed by atoms with van der Waals surface area (Å²) in [7, 11) is 0. The van der Waals surface area contributed by atoms with E-state index in [9.17, 15) is 15.3 Å². The number of aliphatic hydroxyl groups excluding tert-OH is 3. The van der Waals surface area contributed by atoms with Crippen LogP contribution in [0.15, 0.2) is 0 Å². The van der Waals surface area contributed by atoms with Crippen molar-refractivity contribution in [2.45, 2.75) is 57.1 Å². The minimum Gasteiger partial charge on any atom is -0.388 e. The van der Waals surface area contributed by atoms with Gasteiger partial charge in [-0.15, -0.1) is 0 Å². The first-order valence-electron chi connectivity index (χ1n) is 5.83. The van der Waals surface area contributed by atoms with Crippen molar-refractivity contribution in [3.8, 4) is 0 Å². The highest BCUT2D eigenvalue weighted by molar-refractivity contribution is 4.89. The van der Waals surface area contributed by atoms with Gasteiger partial charge in [-0.05, 0) is 20.3 Å². The molecule has 1 saturated heterocycles. The average molecular weight is 267 g/mol. The highest BCUT2D eigenvalue weighted by Gasteiger charge is 2.44. The van der Waals surface area contributed by atoms with Crippen LogP contribution in [0, 0.1) is 0 Å². The van der Waals surface area contributed by atoms with Gasteiger partial charge in [-0.3, -0.25) is 10.4 Å². The Bertz CT molecular complexity index is 248. The Hall–Kier alpha value is -0.320. The maximum atomic E-state index is 9.70. The van der Waals surface area contributed by atoms with Gasteiger partial charge in [0, 0.05) is 0 Å². The summed E-state index contributed by atoms with van der Waals surface area (Å²) in [5.41, 5.74) is 0. The quantitative estimate of drug-likeness (QED) is 0.389. The molecule has 0 spiro atoms. The summed E-state index contributed by atoms with van der Waals surface area (Å²) in [5, 5.41) is 46.2. The average Bonchev–Trinajstić information content (AvgIpc) is 2.27. The van der Waals surface area contributed by atoms with E-state index in [0.29, 0.717) is 0 Å². The van der Waals surface area contributed by atoms with E-state index < -0.39 is 30.7 Å². The predicted molar refractivity (Wildman–Crippen MR) is 57.8 cm³/mol. The highest BCUT2D eigenvalue weighted by Crippen LogP contribution is 2.24. The normalized spacial score (nSPS) is 37.5. The molecule has 0 saturated carbocycles. The monoisotopic (exact) mass is 267 g/mol. The summed E-state index contributed by atoms with van der Waals surface area (Å²) >= 11 is 0. The third kappa shape index (κ3) is 4.11. The fourth-order valence-corrected chi connectivity index (χ4v) is 1.78. The molecule has 0 aliphatic carbocycles. The molecular weight excluding hydrogens is 246 g/mol. The summed E-state index contributed by atoms with van der Waals surface area (Å²) in [5.74, 6) is 0. The van der Waals surface area contributed by atoms with Crippen LogP contribution >= 0.6 is 0 Å². The fourth-order valence-electron chi connectivity index (χ4n) is 1.78. The molecule has 1 aliphatic rings. The number of aliphatic hydroxyl groups is 3. The fraction of sp³-hybridized carbons (Fsp3) is 1.00. The Labute approximate surface area is 105 Å². The Kier molecular flexibility index (Phi) is 5.89. The van der Waals surface area contributed by atoms with Crippen molar-refractivity contribution in [3.63, 3.8) is 0 Å². The van der Waals surface area contributed by atoms with Crippen LogP contribution in [0.1, 0.15) is 20.3 Å². The van der Waals surface area contributed by atoms with Gasteiger partial charge in [0.05, 0.1) is 18.8 Å². The van der Waals surface area contributed by atoms with E-state index in [4.69, 9.17) is 19.9 Å². The summed E-state index contributed by atoms with van der Waals surface area (Å²) in [4.78, 5) is 0. The second kappa shape index (κ2) is 6.73. The Balaban J connectivity index is 2.62. The zero-order valence-electron chi connectivity index (χ0n) is 10.4.